The van der Waals surface area contributed by atoms with Gasteiger partial charge in [0.25, 0.3) is 0 Å². The summed E-state index contributed by atoms with van der Waals surface area (Å²) in [5.74, 6) is 0.909. The van der Waals surface area contributed by atoms with Crippen LogP contribution in [-0.2, 0) is 25.4 Å². The second kappa shape index (κ2) is 24.1. The maximum absolute atomic E-state index is 13.7. The number of ether oxygens (including phenoxy) is 6. The van der Waals surface area contributed by atoms with Crippen LogP contribution in [0, 0.1) is 38.5 Å². The highest BCUT2D eigenvalue weighted by molar-refractivity contribution is 5.91. The first-order chi connectivity index (χ1) is 31.5. The summed E-state index contributed by atoms with van der Waals surface area (Å²) in [6, 6.07) is 9.14. The summed E-state index contributed by atoms with van der Waals surface area (Å²) in [4.78, 5) is 65.8. The van der Waals surface area contributed by atoms with E-state index in [4.69, 9.17) is 28.4 Å². The third-order valence-corrected chi connectivity index (χ3v) is 12.8. The van der Waals surface area contributed by atoms with Gasteiger partial charge in [0.05, 0.1) is 16.7 Å². The first kappa shape index (κ1) is 51.1. The van der Waals surface area contributed by atoms with E-state index >= 15 is 0 Å². The Labute approximate surface area is 390 Å². The van der Waals surface area contributed by atoms with Gasteiger partial charge in [-0.25, -0.2) is 19.2 Å². The number of pyridine rings is 3. The molecule has 0 spiro atoms. The molecular formula is C53H69N3O10. The van der Waals surface area contributed by atoms with Crippen LogP contribution in [0.4, 0.5) is 4.79 Å². The van der Waals surface area contributed by atoms with Gasteiger partial charge in [-0.3, -0.25) is 15.0 Å². The highest BCUT2D eigenvalue weighted by atomic mass is 16.7. The largest absolute Gasteiger partial charge is 0.514 e. The van der Waals surface area contributed by atoms with Crippen LogP contribution in [0.25, 0.3) is 0 Å². The predicted molar refractivity (Wildman–Crippen MR) is 251 cm³/mol. The fourth-order valence-electron chi connectivity index (χ4n) is 8.40. The molecule has 0 amide bonds. The van der Waals surface area contributed by atoms with E-state index in [0.29, 0.717) is 11.7 Å². The highest BCUT2D eigenvalue weighted by Gasteiger charge is 2.45. The molecule has 0 N–H and O–H groups in total. The van der Waals surface area contributed by atoms with Gasteiger partial charge in [-0.15, -0.1) is 0 Å². The average molecular weight is 908 g/mol. The molecule has 0 saturated heterocycles. The average Bonchev–Trinajstić information content (AvgIpc) is 3.30. The highest BCUT2D eigenvalue weighted by Crippen LogP contribution is 2.45. The van der Waals surface area contributed by atoms with Crippen molar-refractivity contribution < 1.29 is 47.6 Å². The lowest BCUT2D eigenvalue weighted by Crippen LogP contribution is -2.52. The monoisotopic (exact) mass is 907 g/mol. The SMILES string of the molecule is Cc1c(C)c2c(c(C)c1OC(=O)OCC(OC(=O)c1cccnc1)C(C)(COC(=O)c1cccnc1)OC(=O)c1cccnc1)CCC(C)(CCCC(C)CCCC(C)CCCC(C)C)O2. The lowest BCUT2D eigenvalue weighted by molar-refractivity contribution is -0.127. The van der Waals surface area contributed by atoms with E-state index in [1.807, 2.05) is 20.8 Å². The lowest BCUT2D eigenvalue weighted by atomic mass is 9.83. The van der Waals surface area contributed by atoms with E-state index in [2.05, 4.69) is 49.6 Å². The van der Waals surface area contributed by atoms with Gasteiger partial charge >= 0.3 is 24.1 Å². The van der Waals surface area contributed by atoms with Gasteiger partial charge in [0.1, 0.15) is 30.3 Å². The third kappa shape index (κ3) is 14.6. The predicted octanol–water partition coefficient (Wildman–Crippen LogP) is 11.5. The minimum Gasteiger partial charge on any atom is -0.487 e. The van der Waals surface area contributed by atoms with Crippen molar-refractivity contribution in [3.63, 3.8) is 0 Å². The Morgan fingerprint density at radius 3 is 1.82 bits per heavy atom. The quantitative estimate of drug-likeness (QED) is 0.0393. The van der Waals surface area contributed by atoms with E-state index in [1.54, 1.807) is 18.2 Å². The topological polar surface area (TPSA) is 162 Å². The number of carbonyl (C=O) groups is 4. The number of hydrogen-bond acceptors (Lipinski definition) is 13. The van der Waals surface area contributed by atoms with Gasteiger partial charge in [-0.1, -0.05) is 72.6 Å². The fraction of sp³-hybridized carbons (Fsp3) is 0.528. The molecule has 4 aromatic rings. The number of fused-ring (bicyclic) bond motifs is 1. The lowest BCUT2D eigenvalue weighted by Gasteiger charge is -2.38. The second-order valence-corrected chi connectivity index (χ2v) is 19.0. The van der Waals surface area contributed by atoms with Crippen molar-refractivity contribution in [2.75, 3.05) is 13.2 Å². The summed E-state index contributed by atoms with van der Waals surface area (Å²) >= 11 is 0. The van der Waals surface area contributed by atoms with Crippen LogP contribution in [0.2, 0.25) is 0 Å². The molecule has 356 valence electrons. The van der Waals surface area contributed by atoms with Crippen LogP contribution in [0.1, 0.15) is 159 Å². The number of aromatic nitrogens is 3. The molecule has 0 aliphatic carbocycles. The van der Waals surface area contributed by atoms with Crippen molar-refractivity contribution in [3.8, 4) is 11.5 Å². The van der Waals surface area contributed by atoms with Crippen molar-refractivity contribution >= 4 is 24.1 Å². The minimum atomic E-state index is -1.93. The summed E-state index contributed by atoms with van der Waals surface area (Å²) in [5, 5.41) is 0. The zero-order valence-corrected chi connectivity index (χ0v) is 40.4. The maximum Gasteiger partial charge on any atom is 0.514 e. The van der Waals surface area contributed by atoms with Gasteiger partial charge in [0.2, 0.25) is 0 Å². The molecule has 1 aliphatic rings. The van der Waals surface area contributed by atoms with Gasteiger partial charge in [-0.2, -0.15) is 0 Å². The van der Waals surface area contributed by atoms with Crippen molar-refractivity contribution in [3.05, 3.63) is 113 Å². The van der Waals surface area contributed by atoms with Gasteiger partial charge < -0.3 is 28.4 Å². The van der Waals surface area contributed by atoms with Gasteiger partial charge in [0.15, 0.2) is 11.7 Å². The molecule has 0 fully saturated rings. The van der Waals surface area contributed by atoms with Crippen molar-refractivity contribution in [2.45, 2.75) is 150 Å². The van der Waals surface area contributed by atoms with E-state index in [9.17, 15) is 19.2 Å². The van der Waals surface area contributed by atoms with E-state index in [1.165, 1.54) is 107 Å². The van der Waals surface area contributed by atoms with Crippen LogP contribution in [-0.4, -0.2) is 69.5 Å². The molecule has 13 heteroatoms. The Balaban J connectivity index is 1.27. The Bertz CT molecular complexity index is 2220. The number of benzene rings is 1. The Morgan fingerprint density at radius 1 is 0.712 bits per heavy atom. The molecule has 0 bridgehead atoms. The minimum absolute atomic E-state index is 0.0743. The second-order valence-electron chi connectivity index (χ2n) is 19.0. The molecule has 0 radical (unpaired) electrons. The Kier molecular flexibility index (Phi) is 18.7. The first-order valence-electron chi connectivity index (χ1n) is 23.5. The van der Waals surface area contributed by atoms with Crippen LogP contribution in [0.3, 0.4) is 0 Å². The summed E-state index contributed by atoms with van der Waals surface area (Å²) in [7, 11) is 0. The van der Waals surface area contributed by atoms with Crippen LogP contribution < -0.4 is 9.47 Å². The van der Waals surface area contributed by atoms with Gasteiger partial charge in [0, 0.05) is 42.7 Å². The summed E-state index contributed by atoms with van der Waals surface area (Å²) < 4.78 is 35.9. The van der Waals surface area contributed by atoms with Crippen LogP contribution in [0.15, 0.2) is 73.6 Å². The molecule has 1 aromatic carbocycles. The van der Waals surface area contributed by atoms with E-state index in [-0.39, 0.29) is 22.3 Å². The summed E-state index contributed by atoms with van der Waals surface area (Å²) in [5.41, 5.74) is 1.36. The molecule has 66 heavy (non-hydrogen) atoms. The molecule has 4 heterocycles. The zero-order valence-electron chi connectivity index (χ0n) is 40.4. The molecule has 0 saturated carbocycles. The number of rotatable bonds is 23. The molecule has 5 unspecified atom stereocenters. The van der Waals surface area contributed by atoms with Gasteiger partial charge in [-0.05, 0) is 131 Å². The number of hydrogen-bond donors (Lipinski definition) is 0. The Hall–Kier alpha value is -5.85. The molecule has 3 aromatic heterocycles. The fourth-order valence-corrected chi connectivity index (χ4v) is 8.40. The maximum atomic E-state index is 13.7. The van der Waals surface area contributed by atoms with Crippen LogP contribution >= 0.6 is 0 Å². The van der Waals surface area contributed by atoms with Crippen molar-refractivity contribution in [1.82, 2.24) is 15.0 Å². The molecule has 1 aliphatic heterocycles. The first-order valence-corrected chi connectivity index (χ1v) is 23.5. The van der Waals surface area contributed by atoms with Crippen LogP contribution in [0.5, 0.6) is 11.5 Å². The molecule has 13 nitrogen and oxygen atoms in total. The molecular weight excluding hydrogens is 839 g/mol. The zero-order chi connectivity index (χ0) is 47.9. The normalized spacial score (nSPS) is 16.7. The van der Waals surface area contributed by atoms with Crippen molar-refractivity contribution in [2.24, 2.45) is 17.8 Å². The summed E-state index contributed by atoms with van der Waals surface area (Å²) in [6.45, 7) is 17.4. The Morgan fingerprint density at radius 2 is 1.26 bits per heavy atom. The smallest absolute Gasteiger partial charge is 0.487 e. The number of esters is 3. The van der Waals surface area contributed by atoms with E-state index < -0.39 is 49.0 Å². The molecule has 5 rings (SSSR count). The third-order valence-electron chi connectivity index (χ3n) is 12.8. The standard InChI is InChI=1S/C53H69N3O10/c1-35(2)16-10-17-36(3)18-11-19-37(4)20-12-25-52(8)26-24-44-40(7)46(38(5)39(6)47(44)65-52)64-51(60)61-33-45(63-49(58)42-22-14-28-55-31-42)53(9,66-50(59)43-23-15-29-56-32-43)34-62-48(57)41-21-13-27-54-30-41/h13-15,21-23,27-32,35-37,45H,10-12,16-20,24-26,33-34H2,1-9H3. The van der Waals surface area contributed by atoms with E-state index in [0.717, 1.165) is 65.5 Å². The number of carbonyl (C=O) groups excluding carboxylic acids is 4. The summed E-state index contributed by atoms with van der Waals surface area (Å²) in [6.07, 6.45) is 18.4. The van der Waals surface area contributed by atoms with Crippen molar-refractivity contribution in [1.29, 1.82) is 0 Å². The molecule has 5 atom stereocenters. The number of nitrogens with zero attached hydrogens (tertiary/aromatic N) is 3.